The average molecular weight is 302 g/mol. The van der Waals surface area contributed by atoms with Crippen molar-refractivity contribution in [2.45, 2.75) is 26.7 Å². The Morgan fingerprint density at radius 1 is 1.32 bits per heavy atom. The molecular weight excluding hydrogens is 284 g/mol. The van der Waals surface area contributed by atoms with Crippen LogP contribution in [0, 0.1) is 0 Å². The topological polar surface area (TPSA) is 91.5 Å². The summed E-state index contributed by atoms with van der Waals surface area (Å²) < 4.78 is 10.7. The number of benzene rings is 1. The standard InChI is InChI=1S/C16H18N2O4/c1-3-4-7-21-12-5-6-13-11(8-12)9-18-14(16(17)20)15(13)22-10(2)19/h5-6,8-9H,3-4,7H2,1-2H3,(H2,17,20). The van der Waals surface area contributed by atoms with Crippen LogP contribution in [-0.4, -0.2) is 23.5 Å². The van der Waals surface area contributed by atoms with Gasteiger partial charge in [0.1, 0.15) is 5.75 Å². The summed E-state index contributed by atoms with van der Waals surface area (Å²) >= 11 is 0. The van der Waals surface area contributed by atoms with Crippen LogP contribution in [0.1, 0.15) is 37.2 Å². The highest BCUT2D eigenvalue weighted by molar-refractivity contribution is 6.02. The number of rotatable bonds is 6. The van der Waals surface area contributed by atoms with Crippen molar-refractivity contribution in [1.29, 1.82) is 0 Å². The molecule has 0 bridgehead atoms. The summed E-state index contributed by atoms with van der Waals surface area (Å²) in [4.78, 5) is 26.7. The SMILES string of the molecule is CCCCOc1ccc2c(OC(C)=O)c(C(N)=O)ncc2c1. The molecule has 1 heterocycles. The number of pyridine rings is 1. The fourth-order valence-corrected chi connectivity index (χ4v) is 2.02. The molecule has 0 aliphatic heterocycles. The van der Waals surface area contributed by atoms with Crippen molar-refractivity contribution in [1.82, 2.24) is 4.98 Å². The van der Waals surface area contributed by atoms with Crippen molar-refractivity contribution < 1.29 is 19.1 Å². The molecule has 1 aromatic heterocycles. The van der Waals surface area contributed by atoms with Crippen LogP contribution in [0.5, 0.6) is 11.5 Å². The van der Waals surface area contributed by atoms with Crippen molar-refractivity contribution >= 4 is 22.6 Å². The van der Waals surface area contributed by atoms with Crippen molar-refractivity contribution in [3.63, 3.8) is 0 Å². The number of nitrogens with zero attached hydrogens (tertiary/aromatic N) is 1. The second-order valence-electron chi connectivity index (χ2n) is 4.84. The Bertz CT molecular complexity index is 713. The van der Waals surface area contributed by atoms with Crippen LogP contribution in [0.25, 0.3) is 10.8 Å². The lowest BCUT2D eigenvalue weighted by molar-refractivity contribution is -0.131. The van der Waals surface area contributed by atoms with Gasteiger partial charge in [0.15, 0.2) is 11.4 Å². The van der Waals surface area contributed by atoms with E-state index in [2.05, 4.69) is 11.9 Å². The number of primary amides is 1. The molecule has 6 nitrogen and oxygen atoms in total. The zero-order valence-electron chi connectivity index (χ0n) is 12.6. The number of aromatic nitrogens is 1. The molecule has 0 fully saturated rings. The molecule has 0 radical (unpaired) electrons. The number of nitrogens with two attached hydrogens (primary N) is 1. The molecule has 2 N–H and O–H groups in total. The van der Waals surface area contributed by atoms with Crippen LogP contribution >= 0.6 is 0 Å². The summed E-state index contributed by atoms with van der Waals surface area (Å²) in [7, 11) is 0. The number of unbranched alkanes of at least 4 members (excludes halogenated alkanes) is 1. The summed E-state index contributed by atoms with van der Waals surface area (Å²) in [6.45, 7) is 3.97. The first kappa shape index (κ1) is 15.8. The lowest BCUT2D eigenvalue weighted by Gasteiger charge is -2.11. The van der Waals surface area contributed by atoms with Gasteiger partial charge in [-0.15, -0.1) is 0 Å². The molecule has 0 saturated heterocycles. The van der Waals surface area contributed by atoms with Crippen LogP contribution in [0.4, 0.5) is 0 Å². The van der Waals surface area contributed by atoms with Gasteiger partial charge < -0.3 is 15.2 Å². The summed E-state index contributed by atoms with van der Waals surface area (Å²) in [5.41, 5.74) is 5.21. The molecule has 6 heteroatoms. The maximum absolute atomic E-state index is 11.4. The molecule has 22 heavy (non-hydrogen) atoms. The quantitative estimate of drug-likeness (QED) is 0.653. The van der Waals surface area contributed by atoms with E-state index in [0.717, 1.165) is 12.8 Å². The van der Waals surface area contributed by atoms with Gasteiger partial charge >= 0.3 is 5.97 Å². The zero-order valence-corrected chi connectivity index (χ0v) is 12.6. The highest BCUT2D eigenvalue weighted by atomic mass is 16.5. The molecule has 2 aromatic rings. The number of fused-ring (bicyclic) bond motifs is 1. The predicted molar refractivity (Wildman–Crippen MR) is 82.0 cm³/mol. The van der Waals surface area contributed by atoms with Gasteiger partial charge in [-0.3, -0.25) is 9.59 Å². The molecule has 1 amide bonds. The molecule has 0 aliphatic rings. The molecule has 0 saturated carbocycles. The van der Waals surface area contributed by atoms with Gasteiger partial charge in [-0.25, -0.2) is 4.98 Å². The maximum atomic E-state index is 11.4. The van der Waals surface area contributed by atoms with Crippen LogP contribution in [0.2, 0.25) is 0 Å². The number of carbonyl (C=O) groups excluding carboxylic acids is 2. The van der Waals surface area contributed by atoms with Gasteiger partial charge in [0, 0.05) is 23.9 Å². The average Bonchev–Trinajstić information content (AvgIpc) is 2.46. The fourth-order valence-electron chi connectivity index (χ4n) is 2.02. The van der Waals surface area contributed by atoms with E-state index in [4.69, 9.17) is 15.2 Å². The van der Waals surface area contributed by atoms with E-state index in [0.29, 0.717) is 23.1 Å². The smallest absolute Gasteiger partial charge is 0.308 e. The van der Waals surface area contributed by atoms with Gasteiger partial charge in [-0.1, -0.05) is 13.3 Å². The number of hydrogen-bond acceptors (Lipinski definition) is 5. The Morgan fingerprint density at radius 2 is 2.09 bits per heavy atom. The number of esters is 1. The van der Waals surface area contributed by atoms with Crippen molar-refractivity contribution in [3.05, 3.63) is 30.1 Å². The molecule has 116 valence electrons. The van der Waals surface area contributed by atoms with Crippen LogP contribution in [0.3, 0.4) is 0 Å². The second-order valence-corrected chi connectivity index (χ2v) is 4.84. The van der Waals surface area contributed by atoms with Crippen molar-refractivity contribution in [3.8, 4) is 11.5 Å². The first-order chi connectivity index (χ1) is 10.5. The maximum Gasteiger partial charge on any atom is 0.308 e. The van der Waals surface area contributed by atoms with Crippen LogP contribution < -0.4 is 15.2 Å². The first-order valence-electron chi connectivity index (χ1n) is 7.06. The van der Waals surface area contributed by atoms with E-state index in [1.807, 2.05) is 0 Å². The number of amides is 1. The van der Waals surface area contributed by atoms with Gasteiger partial charge in [0.05, 0.1) is 6.61 Å². The van der Waals surface area contributed by atoms with E-state index in [9.17, 15) is 9.59 Å². The zero-order chi connectivity index (χ0) is 16.1. The second kappa shape index (κ2) is 6.89. The van der Waals surface area contributed by atoms with E-state index in [-0.39, 0.29) is 11.4 Å². The summed E-state index contributed by atoms with van der Waals surface area (Å²) in [6, 6.07) is 5.27. The van der Waals surface area contributed by atoms with Crippen LogP contribution in [-0.2, 0) is 4.79 Å². The third kappa shape index (κ3) is 3.52. The molecule has 1 aromatic carbocycles. The highest BCUT2D eigenvalue weighted by Gasteiger charge is 2.17. The third-order valence-electron chi connectivity index (χ3n) is 3.06. The number of hydrogen-bond donors (Lipinski definition) is 1. The monoisotopic (exact) mass is 302 g/mol. The molecular formula is C16H18N2O4. The Balaban J connectivity index is 2.45. The molecule has 0 unspecified atom stereocenters. The lowest BCUT2D eigenvalue weighted by Crippen LogP contribution is -2.16. The predicted octanol–water partition coefficient (Wildman–Crippen LogP) is 2.44. The number of ether oxygens (including phenoxy) is 2. The lowest BCUT2D eigenvalue weighted by atomic mass is 10.1. The number of carbonyl (C=O) groups is 2. The van der Waals surface area contributed by atoms with E-state index < -0.39 is 11.9 Å². The Labute approximate surface area is 128 Å². The highest BCUT2D eigenvalue weighted by Crippen LogP contribution is 2.31. The van der Waals surface area contributed by atoms with Crippen LogP contribution in [0.15, 0.2) is 24.4 Å². The normalized spacial score (nSPS) is 10.5. The molecule has 0 aliphatic carbocycles. The van der Waals surface area contributed by atoms with Gasteiger partial charge in [0.25, 0.3) is 5.91 Å². The first-order valence-corrected chi connectivity index (χ1v) is 7.06. The van der Waals surface area contributed by atoms with E-state index in [1.54, 1.807) is 18.2 Å². The van der Waals surface area contributed by atoms with Gasteiger partial charge in [-0.05, 0) is 24.6 Å². The Morgan fingerprint density at radius 3 is 2.73 bits per heavy atom. The Kier molecular flexibility index (Phi) is 4.93. The molecule has 0 spiro atoms. The van der Waals surface area contributed by atoms with E-state index in [1.165, 1.54) is 13.1 Å². The van der Waals surface area contributed by atoms with Gasteiger partial charge in [-0.2, -0.15) is 0 Å². The minimum atomic E-state index is -0.749. The molecule has 0 atom stereocenters. The minimum absolute atomic E-state index is 0.0673. The largest absolute Gasteiger partial charge is 0.494 e. The Hall–Kier alpha value is -2.63. The summed E-state index contributed by atoms with van der Waals surface area (Å²) in [6.07, 6.45) is 3.53. The minimum Gasteiger partial charge on any atom is -0.494 e. The van der Waals surface area contributed by atoms with Crippen molar-refractivity contribution in [2.24, 2.45) is 5.73 Å². The van der Waals surface area contributed by atoms with Gasteiger partial charge in [0.2, 0.25) is 0 Å². The summed E-state index contributed by atoms with van der Waals surface area (Å²) in [5, 5.41) is 1.29. The van der Waals surface area contributed by atoms with E-state index >= 15 is 0 Å². The summed E-state index contributed by atoms with van der Waals surface area (Å²) in [5.74, 6) is -0.512. The fraction of sp³-hybridized carbons (Fsp3) is 0.312. The molecule has 2 rings (SSSR count). The van der Waals surface area contributed by atoms with Crippen molar-refractivity contribution in [2.75, 3.05) is 6.61 Å². The third-order valence-corrected chi connectivity index (χ3v) is 3.06.